The van der Waals surface area contributed by atoms with Gasteiger partial charge >= 0.3 is 0 Å². The van der Waals surface area contributed by atoms with E-state index in [1.807, 2.05) is 36.7 Å². The molecule has 0 aliphatic rings. The van der Waals surface area contributed by atoms with Gasteiger partial charge in [-0.15, -0.1) is 11.3 Å². The van der Waals surface area contributed by atoms with E-state index < -0.39 is 0 Å². The lowest BCUT2D eigenvalue weighted by Gasteiger charge is -2.15. The number of hydrogen-bond acceptors (Lipinski definition) is 4. The molecule has 0 aromatic carbocycles. The van der Waals surface area contributed by atoms with Crippen molar-refractivity contribution < 1.29 is 0 Å². The molecule has 84 valence electrons. The van der Waals surface area contributed by atoms with Crippen molar-refractivity contribution in [3.8, 4) is 0 Å². The molecular weight excluding hydrogens is 218 g/mol. The van der Waals surface area contributed by atoms with Gasteiger partial charge in [-0.2, -0.15) is 0 Å². The first kappa shape index (κ1) is 11.1. The Morgan fingerprint density at radius 1 is 1.44 bits per heavy atom. The van der Waals surface area contributed by atoms with Crippen molar-refractivity contribution in [1.82, 2.24) is 9.97 Å². The zero-order valence-electron chi connectivity index (χ0n) is 9.47. The van der Waals surface area contributed by atoms with E-state index in [0.29, 0.717) is 0 Å². The molecule has 2 aromatic rings. The number of hydrogen-bond donors (Lipinski definition) is 1. The van der Waals surface area contributed by atoms with Gasteiger partial charge in [0.2, 0.25) is 0 Å². The van der Waals surface area contributed by atoms with Gasteiger partial charge in [0.05, 0.1) is 6.04 Å². The third-order valence-electron chi connectivity index (χ3n) is 2.37. The maximum atomic E-state index is 4.44. The van der Waals surface area contributed by atoms with Crippen LogP contribution in [-0.2, 0) is 0 Å². The Labute approximate surface area is 99.6 Å². The molecule has 0 aliphatic carbocycles. The third-order valence-corrected chi connectivity index (χ3v) is 3.26. The summed E-state index contributed by atoms with van der Waals surface area (Å²) in [5.41, 5.74) is 1.03. The predicted molar refractivity (Wildman–Crippen MR) is 67.7 cm³/mol. The van der Waals surface area contributed by atoms with Crippen molar-refractivity contribution in [3.63, 3.8) is 0 Å². The summed E-state index contributed by atoms with van der Waals surface area (Å²) < 4.78 is 0. The van der Waals surface area contributed by atoms with E-state index in [1.165, 1.54) is 0 Å². The summed E-state index contributed by atoms with van der Waals surface area (Å²) in [4.78, 5) is 8.77. The molecule has 4 heteroatoms. The molecule has 3 nitrogen and oxygen atoms in total. The molecule has 16 heavy (non-hydrogen) atoms. The van der Waals surface area contributed by atoms with Gasteiger partial charge in [-0.25, -0.2) is 9.97 Å². The smallest absolute Gasteiger partial charge is 0.126 e. The second kappa shape index (κ2) is 5.07. The number of pyridine rings is 1. The quantitative estimate of drug-likeness (QED) is 0.879. The highest BCUT2D eigenvalue weighted by Crippen LogP contribution is 2.23. The molecule has 0 aliphatic heterocycles. The highest BCUT2D eigenvalue weighted by atomic mass is 32.1. The lowest BCUT2D eigenvalue weighted by Crippen LogP contribution is -2.10. The Hall–Kier alpha value is -1.42. The van der Waals surface area contributed by atoms with Crippen LogP contribution in [0.5, 0.6) is 0 Å². The van der Waals surface area contributed by atoms with Crippen molar-refractivity contribution in [1.29, 1.82) is 0 Å². The monoisotopic (exact) mass is 233 g/mol. The standard InChI is InChI=1S/C12H15N3S/c1-3-10(12-13-7-8-16-12)15-11-6-4-5-9(2)14-11/h4-8,10H,3H2,1-2H3,(H,14,15). The van der Waals surface area contributed by atoms with Gasteiger partial charge < -0.3 is 5.32 Å². The van der Waals surface area contributed by atoms with Crippen LogP contribution in [0.25, 0.3) is 0 Å². The molecule has 2 rings (SSSR count). The Morgan fingerprint density at radius 3 is 2.94 bits per heavy atom. The van der Waals surface area contributed by atoms with Crippen LogP contribution in [0.2, 0.25) is 0 Å². The molecular formula is C12H15N3S. The summed E-state index contributed by atoms with van der Waals surface area (Å²) in [6, 6.07) is 6.26. The summed E-state index contributed by atoms with van der Waals surface area (Å²) in [6.07, 6.45) is 2.84. The van der Waals surface area contributed by atoms with Gasteiger partial charge in [0.25, 0.3) is 0 Å². The molecule has 0 amide bonds. The number of aromatic nitrogens is 2. The van der Waals surface area contributed by atoms with Crippen LogP contribution in [0, 0.1) is 6.92 Å². The minimum absolute atomic E-state index is 0.259. The molecule has 0 fully saturated rings. The number of rotatable bonds is 4. The van der Waals surface area contributed by atoms with Crippen LogP contribution in [0.1, 0.15) is 30.1 Å². The zero-order chi connectivity index (χ0) is 11.4. The van der Waals surface area contributed by atoms with Crippen molar-refractivity contribution in [3.05, 3.63) is 40.5 Å². The average Bonchev–Trinajstić information content (AvgIpc) is 2.79. The molecule has 1 atom stereocenters. The van der Waals surface area contributed by atoms with E-state index in [2.05, 4.69) is 22.2 Å². The number of nitrogens with one attached hydrogen (secondary N) is 1. The predicted octanol–water partition coefficient (Wildman–Crippen LogP) is 3.41. The van der Waals surface area contributed by atoms with Crippen molar-refractivity contribution in [2.75, 3.05) is 5.32 Å². The number of aryl methyl sites for hydroxylation is 1. The lowest BCUT2D eigenvalue weighted by atomic mass is 10.2. The number of thiazole rings is 1. The van der Waals surface area contributed by atoms with Gasteiger partial charge in [-0.1, -0.05) is 13.0 Å². The minimum atomic E-state index is 0.259. The highest BCUT2D eigenvalue weighted by Gasteiger charge is 2.11. The van der Waals surface area contributed by atoms with Gasteiger partial charge in [0.15, 0.2) is 0 Å². The Bertz CT molecular complexity index is 439. The molecule has 1 N–H and O–H groups in total. The molecule has 0 bridgehead atoms. The van der Waals surface area contributed by atoms with Crippen LogP contribution < -0.4 is 5.32 Å². The summed E-state index contributed by atoms with van der Waals surface area (Å²) in [5.74, 6) is 0.919. The Kier molecular flexibility index (Phi) is 3.51. The molecule has 1 unspecified atom stereocenters. The molecule has 0 saturated heterocycles. The van der Waals surface area contributed by atoms with Crippen LogP contribution in [-0.4, -0.2) is 9.97 Å². The molecule has 0 radical (unpaired) electrons. The lowest BCUT2D eigenvalue weighted by molar-refractivity contribution is 0.737. The molecule has 0 saturated carbocycles. The second-order valence-electron chi connectivity index (χ2n) is 3.64. The Balaban J connectivity index is 2.13. The fourth-order valence-electron chi connectivity index (χ4n) is 1.55. The summed E-state index contributed by atoms with van der Waals surface area (Å²) in [5, 5.41) is 6.53. The molecule has 2 aromatic heterocycles. The Morgan fingerprint density at radius 2 is 2.31 bits per heavy atom. The van der Waals surface area contributed by atoms with Crippen LogP contribution in [0.3, 0.4) is 0 Å². The van der Waals surface area contributed by atoms with Crippen molar-refractivity contribution in [2.24, 2.45) is 0 Å². The van der Waals surface area contributed by atoms with E-state index in [4.69, 9.17) is 0 Å². The normalized spacial score (nSPS) is 12.4. The largest absolute Gasteiger partial charge is 0.361 e. The fraction of sp³-hybridized carbons (Fsp3) is 0.333. The van der Waals surface area contributed by atoms with Gasteiger partial charge in [0, 0.05) is 17.3 Å². The van der Waals surface area contributed by atoms with Crippen LogP contribution >= 0.6 is 11.3 Å². The minimum Gasteiger partial charge on any atom is -0.361 e. The molecule has 2 heterocycles. The zero-order valence-corrected chi connectivity index (χ0v) is 10.3. The number of anilines is 1. The van der Waals surface area contributed by atoms with Crippen LogP contribution in [0.15, 0.2) is 29.8 Å². The van der Waals surface area contributed by atoms with E-state index in [1.54, 1.807) is 11.3 Å². The summed E-state index contributed by atoms with van der Waals surface area (Å²) in [6.45, 7) is 4.14. The second-order valence-corrected chi connectivity index (χ2v) is 4.57. The highest BCUT2D eigenvalue weighted by molar-refractivity contribution is 7.09. The first-order chi connectivity index (χ1) is 7.79. The fourth-order valence-corrected chi connectivity index (χ4v) is 2.32. The third kappa shape index (κ3) is 2.58. The maximum Gasteiger partial charge on any atom is 0.126 e. The average molecular weight is 233 g/mol. The van der Waals surface area contributed by atoms with Gasteiger partial charge in [-0.3, -0.25) is 0 Å². The van der Waals surface area contributed by atoms with E-state index in [-0.39, 0.29) is 6.04 Å². The summed E-state index contributed by atoms with van der Waals surface area (Å²) >= 11 is 1.68. The van der Waals surface area contributed by atoms with Crippen molar-refractivity contribution >= 4 is 17.2 Å². The number of nitrogens with zero attached hydrogens (tertiary/aromatic N) is 2. The van der Waals surface area contributed by atoms with E-state index in [0.717, 1.165) is 22.9 Å². The van der Waals surface area contributed by atoms with Gasteiger partial charge in [0.1, 0.15) is 10.8 Å². The van der Waals surface area contributed by atoms with Crippen LogP contribution in [0.4, 0.5) is 5.82 Å². The van der Waals surface area contributed by atoms with Crippen molar-refractivity contribution in [2.45, 2.75) is 26.3 Å². The first-order valence-corrected chi connectivity index (χ1v) is 6.27. The van der Waals surface area contributed by atoms with E-state index >= 15 is 0 Å². The molecule has 0 spiro atoms. The van der Waals surface area contributed by atoms with Gasteiger partial charge in [-0.05, 0) is 25.5 Å². The SMILES string of the molecule is CCC(Nc1cccc(C)n1)c1nccs1. The topological polar surface area (TPSA) is 37.8 Å². The maximum absolute atomic E-state index is 4.44. The summed E-state index contributed by atoms with van der Waals surface area (Å²) in [7, 11) is 0. The first-order valence-electron chi connectivity index (χ1n) is 5.39. The van der Waals surface area contributed by atoms with E-state index in [9.17, 15) is 0 Å².